The second-order valence-electron chi connectivity index (χ2n) is 6.09. The number of amides is 1. The Morgan fingerprint density at radius 3 is 2.50 bits per heavy atom. The summed E-state index contributed by atoms with van der Waals surface area (Å²) >= 11 is 0. The van der Waals surface area contributed by atoms with Gasteiger partial charge in [-0.05, 0) is 44.5 Å². The van der Waals surface area contributed by atoms with Crippen LogP contribution in [0.1, 0.15) is 25.3 Å². The summed E-state index contributed by atoms with van der Waals surface area (Å²) in [5.74, 6) is 0.566. The summed E-state index contributed by atoms with van der Waals surface area (Å²) in [7, 11) is 1.45. The number of carbonyl (C=O) groups is 1. The van der Waals surface area contributed by atoms with Gasteiger partial charge in [-0.3, -0.25) is 9.69 Å². The fraction of sp³-hybridized carbons (Fsp3) is 0.588. The normalized spacial score (nSPS) is 22.2. The molecule has 134 valence electrons. The Morgan fingerprint density at radius 2 is 1.96 bits per heavy atom. The average Bonchev–Trinajstić information content (AvgIpc) is 2.48. The SMILES string of the molecule is CCOc1ccc(CC(=O)N[C@@H]2CC[C@H](C(F)(F)F)N(C)C2)cc1. The molecule has 2 atom stereocenters. The molecule has 4 nitrogen and oxygen atoms in total. The molecule has 2 rings (SSSR count). The number of piperidine rings is 1. The van der Waals surface area contributed by atoms with Crippen molar-refractivity contribution in [2.75, 3.05) is 20.2 Å². The Labute approximate surface area is 140 Å². The molecular weight excluding hydrogens is 321 g/mol. The first kappa shape index (κ1) is 18.6. The fourth-order valence-electron chi connectivity index (χ4n) is 3.01. The van der Waals surface area contributed by atoms with Gasteiger partial charge in [-0.2, -0.15) is 13.2 Å². The van der Waals surface area contributed by atoms with E-state index in [1.165, 1.54) is 11.9 Å². The molecule has 0 aliphatic carbocycles. The minimum absolute atomic E-state index is 0.00794. The Morgan fingerprint density at radius 1 is 1.29 bits per heavy atom. The van der Waals surface area contributed by atoms with Gasteiger partial charge in [0.2, 0.25) is 5.91 Å². The van der Waals surface area contributed by atoms with Crippen LogP contribution in [0, 0.1) is 0 Å². The predicted molar refractivity (Wildman–Crippen MR) is 85.0 cm³/mol. The zero-order valence-electron chi connectivity index (χ0n) is 13.9. The molecule has 1 aromatic rings. The zero-order valence-corrected chi connectivity index (χ0v) is 13.9. The van der Waals surface area contributed by atoms with E-state index in [2.05, 4.69) is 5.32 Å². The van der Waals surface area contributed by atoms with Gasteiger partial charge >= 0.3 is 6.18 Å². The van der Waals surface area contributed by atoms with Gasteiger partial charge in [0.05, 0.1) is 13.0 Å². The van der Waals surface area contributed by atoms with Crippen LogP contribution in [0.2, 0.25) is 0 Å². The highest BCUT2D eigenvalue weighted by Gasteiger charge is 2.44. The fourth-order valence-corrected chi connectivity index (χ4v) is 3.01. The van der Waals surface area contributed by atoms with Crippen LogP contribution < -0.4 is 10.1 Å². The predicted octanol–water partition coefficient (Wildman–Crippen LogP) is 2.77. The van der Waals surface area contributed by atoms with E-state index in [0.29, 0.717) is 13.0 Å². The van der Waals surface area contributed by atoms with Crippen LogP contribution in [-0.4, -0.2) is 49.3 Å². The monoisotopic (exact) mass is 344 g/mol. The Hall–Kier alpha value is -1.76. The third-order valence-electron chi connectivity index (χ3n) is 4.17. The smallest absolute Gasteiger partial charge is 0.404 e. The molecular formula is C17H23F3N2O2. The number of carbonyl (C=O) groups excluding carboxylic acids is 1. The molecule has 1 N–H and O–H groups in total. The molecule has 0 saturated carbocycles. The van der Waals surface area contributed by atoms with E-state index in [1.54, 1.807) is 12.1 Å². The van der Waals surface area contributed by atoms with Gasteiger partial charge in [0.25, 0.3) is 0 Å². The number of nitrogens with zero attached hydrogens (tertiary/aromatic N) is 1. The van der Waals surface area contributed by atoms with E-state index in [9.17, 15) is 18.0 Å². The molecule has 1 amide bonds. The number of hydrogen-bond donors (Lipinski definition) is 1. The number of likely N-dealkylation sites (tertiary alicyclic amines) is 1. The van der Waals surface area contributed by atoms with Crippen molar-refractivity contribution in [3.05, 3.63) is 29.8 Å². The van der Waals surface area contributed by atoms with E-state index in [1.807, 2.05) is 19.1 Å². The zero-order chi connectivity index (χ0) is 17.7. The second kappa shape index (κ2) is 7.88. The lowest BCUT2D eigenvalue weighted by molar-refractivity contribution is -0.188. The van der Waals surface area contributed by atoms with Crippen molar-refractivity contribution in [1.29, 1.82) is 0 Å². The molecule has 1 aliphatic rings. The minimum atomic E-state index is -4.22. The van der Waals surface area contributed by atoms with Crippen molar-refractivity contribution in [3.63, 3.8) is 0 Å². The average molecular weight is 344 g/mol. The van der Waals surface area contributed by atoms with Crippen molar-refractivity contribution in [1.82, 2.24) is 10.2 Å². The molecule has 1 fully saturated rings. The van der Waals surface area contributed by atoms with Gasteiger partial charge in [-0.25, -0.2) is 0 Å². The first-order chi connectivity index (χ1) is 11.3. The number of nitrogens with one attached hydrogen (secondary N) is 1. The number of likely N-dealkylation sites (N-methyl/N-ethyl adjacent to an activating group) is 1. The van der Waals surface area contributed by atoms with E-state index in [4.69, 9.17) is 4.74 Å². The Balaban J connectivity index is 1.83. The summed E-state index contributed by atoms with van der Waals surface area (Å²) in [6.45, 7) is 2.68. The van der Waals surface area contributed by atoms with Crippen LogP contribution in [0.4, 0.5) is 13.2 Å². The molecule has 1 saturated heterocycles. The number of rotatable bonds is 5. The van der Waals surface area contributed by atoms with Crippen LogP contribution in [0.25, 0.3) is 0 Å². The lowest BCUT2D eigenvalue weighted by Gasteiger charge is -2.38. The van der Waals surface area contributed by atoms with Gasteiger partial charge in [-0.1, -0.05) is 12.1 Å². The van der Waals surface area contributed by atoms with E-state index < -0.39 is 12.2 Å². The van der Waals surface area contributed by atoms with Crippen molar-refractivity contribution >= 4 is 5.91 Å². The standard InChI is InChI=1S/C17H23F3N2O2/c1-3-24-14-7-4-12(5-8-14)10-16(23)21-13-6-9-15(17(18,19)20)22(2)11-13/h4-5,7-8,13,15H,3,6,9-11H2,1-2H3,(H,21,23)/t13-,15-/m1/s1. The van der Waals surface area contributed by atoms with E-state index >= 15 is 0 Å². The van der Waals surface area contributed by atoms with Gasteiger partial charge in [0.1, 0.15) is 11.8 Å². The van der Waals surface area contributed by atoms with Gasteiger partial charge in [0, 0.05) is 12.6 Å². The molecule has 1 aliphatic heterocycles. The summed E-state index contributed by atoms with van der Waals surface area (Å²) in [5, 5.41) is 2.83. The summed E-state index contributed by atoms with van der Waals surface area (Å²) in [5.41, 5.74) is 0.841. The Bertz CT molecular complexity index is 546. The summed E-state index contributed by atoms with van der Waals surface area (Å²) in [6.07, 6.45) is -3.67. The van der Waals surface area contributed by atoms with Crippen LogP contribution in [0.5, 0.6) is 5.75 Å². The largest absolute Gasteiger partial charge is 0.494 e. The van der Waals surface area contributed by atoms with Crippen LogP contribution in [-0.2, 0) is 11.2 Å². The first-order valence-electron chi connectivity index (χ1n) is 8.07. The van der Waals surface area contributed by atoms with Crippen LogP contribution in [0.15, 0.2) is 24.3 Å². The summed E-state index contributed by atoms with van der Waals surface area (Å²) in [6, 6.07) is 5.57. The maximum atomic E-state index is 12.8. The lowest BCUT2D eigenvalue weighted by Crippen LogP contribution is -2.54. The lowest BCUT2D eigenvalue weighted by atomic mass is 9.98. The molecule has 0 spiro atoms. The van der Waals surface area contributed by atoms with E-state index in [0.717, 1.165) is 11.3 Å². The molecule has 0 radical (unpaired) electrons. The number of halogens is 3. The highest BCUT2D eigenvalue weighted by molar-refractivity contribution is 5.78. The topological polar surface area (TPSA) is 41.6 Å². The maximum absolute atomic E-state index is 12.8. The highest BCUT2D eigenvalue weighted by atomic mass is 19.4. The third kappa shape index (κ3) is 5.12. The molecule has 1 heterocycles. The molecule has 0 aromatic heterocycles. The number of alkyl halides is 3. The molecule has 0 bridgehead atoms. The molecule has 0 unspecified atom stereocenters. The minimum Gasteiger partial charge on any atom is -0.494 e. The van der Waals surface area contributed by atoms with Crippen LogP contribution in [0.3, 0.4) is 0 Å². The highest BCUT2D eigenvalue weighted by Crippen LogP contribution is 2.30. The molecule has 1 aromatic carbocycles. The molecule has 24 heavy (non-hydrogen) atoms. The van der Waals surface area contributed by atoms with Gasteiger partial charge in [-0.15, -0.1) is 0 Å². The van der Waals surface area contributed by atoms with E-state index in [-0.39, 0.29) is 31.3 Å². The number of benzene rings is 1. The van der Waals surface area contributed by atoms with Crippen molar-refractivity contribution in [2.24, 2.45) is 0 Å². The first-order valence-corrected chi connectivity index (χ1v) is 8.07. The third-order valence-corrected chi connectivity index (χ3v) is 4.17. The second-order valence-corrected chi connectivity index (χ2v) is 6.09. The van der Waals surface area contributed by atoms with Crippen LogP contribution >= 0.6 is 0 Å². The molecule has 7 heteroatoms. The quantitative estimate of drug-likeness (QED) is 0.893. The number of hydrogen-bond acceptors (Lipinski definition) is 3. The Kier molecular flexibility index (Phi) is 6.10. The van der Waals surface area contributed by atoms with Crippen molar-refractivity contribution < 1.29 is 22.7 Å². The van der Waals surface area contributed by atoms with Gasteiger partial charge < -0.3 is 10.1 Å². The summed E-state index contributed by atoms with van der Waals surface area (Å²) < 4.78 is 43.8. The maximum Gasteiger partial charge on any atom is 0.404 e. The number of ether oxygens (including phenoxy) is 1. The summed E-state index contributed by atoms with van der Waals surface area (Å²) in [4.78, 5) is 13.4. The van der Waals surface area contributed by atoms with Crippen molar-refractivity contribution in [3.8, 4) is 5.75 Å². The van der Waals surface area contributed by atoms with Crippen molar-refractivity contribution in [2.45, 2.75) is 44.4 Å². The van der Waals surface area contributed by atoms with Gasteiger partial charge in [0.15, 0.2) is 0 Å².